The number of amides is 1. The molecular formula is C23H27FN2O5. The normalized spacial score (nSPS) is 20.5. The highest BCUT2D eigenvalue weighted by molar-refractivity contribution is 5.85. The lowest BCUT2D eigenvalue weighted by molar-refractivity contribution is -0.0715. The Bertz CT molecular complexity index is 967. The maximum Gasteiger partial charge on any atom is 0.413 e. The minimum Gasteiger partial charge on any atom is -0.477 e. The van der Waals surface area contributed by atoms with Crippen molar-refractivity contribution in [2.24, 2.45) is 0 Å². The fourth-order valence-corrected chi connectivity index (χ4v) is 3.69. The molecule has 0 spiro atoms. The fourth-order valence-electron chi connectivity index (χ4n) is 3.69. The van der Waals surface area contributed by atoms with Crippen molar-refractivity contribution < 1.29 is 28.6 Å². The van der Waals surface area contributed by atoms with E-state index in [-0.39, 0.29) is 12.3 Å². The second-order valence-corrected chi connectivity index (χ2v) is 9.03. The first-order chi connectivity index (χ1) is 14.4. The molecule has 1 aliphatic rings. The van der Waals surface area contributed by atoms with Gasteiger partial charge in [0.1, 0.15) is 29.2 Å². The third-order valence-electron chi connectivity index (χ3n) is 5.17. The number of hydrogen-bond donors (Lipinski definition) is 1. The van der Waals surface area contributed by atoms with Gasteiger partial charge in [-0.1, -0.05) is 30.3 Å². The highest BCUT2D eigenvalue weighted by Gasteiger charge is 2.56. The molecule has 3 rings (SSSR count). The lowest BCUT2D eigenvalue weighted by Crippen LogP contribution is -2.56. The molecule has 0 saturated carbocycles. The highest BCUT2D eigenvalue weighted by atomic mass is 19.1. The standard InChI is InChI=1S/C23H27FN2O5/c1-21(2,3)31-20(29)26-22(4,5)30-14-23(26,13-24)17-9-6-15(7-10-17)16-8-11-18(19(27)28)25-12-16/h6-12H,13-14H2,1-5H3,(H,27,28)/t23-/m1/s1. The van der Waals surface area contributed by atoms with Crippen molar-refractivity contribution in [3.8, 4) is 11.1 Å². The van der Waals surface area contributed by atoms with E-state index in [9.17, 15) is 14.0 Å². The minimum absolute atomic E-state index is 0.00997. The zero-order chi connectivity index (χ0) is 23.0. The number of halogens is 1. The van der Waals surface area contributed by atoms with E-state index in [0.717, 1.165) is 11.1 Å². The van der Waals surface area contributed by atoms with E-state index in [4.69, 9.17) is 14.6 Å². The Morgan fingerprint density at radius 1 is 1.16 bits per heavy atom. The first-order valence-corrected chi connectivity index (χ1v) is 9.93. The van der Waals surface area contributed by atoms with Gasteiger partial charge < -0.3 is 14.6 Å². The molecule has 31 heavy (non-hydrogen) atoms. The molecule has 0 bridgehead atoms. The third-order valence-corrected chi connectivity index (χ3v) is 5.17. The molecule has 1 fully saturated rings. The van der Waals surface area contributed by atoms with E-state index < -0.39 is 35.6 Å². The van der Waals surface area contributed by atoms with Gasteiger partial charge >= 0.3 is 12.1 Å². The molecular weight excluding hydrogens is 403 g/mol. The predicted molar refractivity (Wildman–Crippen MR) is 112 cm³/mol. The molecule has 1 aromatic heterocycles. The molecule has 0 unspecified atom stereocenters. The van der Waals surface area contributed by atoms with E-state index in [1.165, 1.54) is 17.2 Å². The summed E-state index contributed by atoms with van der Waals surface area (Å²) in [6.45, 7) is 7.82. The first kappa shape index (κ1) is 22.7. The van der Waals surface area contributed by atoms with Crippen molar-refractivity contribution in [2.75, 3.05) is 13.3 Å². The average Bonchev–Trinajstić information content (AvgIpc) is 2.98. The monoisotopic (exact) mass is 430 g/mol. The zero-order valence-electron chi connectivity index (χ0n) is 18.3. The Morgan fingerprint density at radius 2 is 1.77 bits per heavy atom. The van der Waals surface area contributed by atoms with Gasteiger partial charge in [-0.05, 0) is 51.8 Å². The first-order valence-electron chi connectivity index (χ1n) is 9.93. The number of carbonyl (C=O) groups is 2. The van der Waals surface area contributed by atoms with Crippen LogP contribution < -0.4 is 0 Å². The number of aromatic carboxylic acids is 1. The summed E-state index contributed by atoms with van der Waals surface area (Å²) in [6, 6.07) is 10.1. The van der Waals surface area contributed by atoms with Crippen LogP contribution >= 0.6 is 0 Å². The number of rotatable bonds is 4. The number of ether oxygens (including phenoxy) is 2. The van der Waals surface area contributed by atoms with Crippen molar-refractivity contribution in [1.29, 1.82) is 0 Å². The van der Waals surface area contributed by atoms with Gasteiger partial charge in [0.05, 0.1) is 6.61 Å². The Morgan fingerprint density at radius 3 is 2.26 bits per heavy atom. The second-order valence-electron chi connectivity index (χ2n) is 9.03. The van der Waals surface area contributed by atoms with E-state index in [1.54, 1.807) is 65.0 Å². The quantitative estimate of drug-likeness (QED) is 0.762. The molecule has 7 nitrogen and oxygen atoms in total. The number of nitrogens with zero attached hydrogens (tertiary/aromatic N) is 2. The van der Waals surface area contributed by atoms with Crippen LogP contribution in [0.25, 0.3) is 11.1 Å². The van der Waals surface area contributed by atoms with Crippen LogP contribution in [0.5, 0.6) is 0 Å². The van der Waals surface area contributed by atoms with Gasteiger partial charge in [0.2, 0.25) is 0 Å². The maximum atomic E-state index is 14.6. The van der Waals surface area contributed by atoms with Crippen LogP contribution in [0.1, 0.15) is 50.7 Å². The van der Waals surface area contributed by atoms with Crippen LogP contribution in [0, 0.1) is 0 Å². The summed E-state index contributed by atoms with van der Waals surface area (Å²) >= 11 is 0. The topological polar surface area (TPSA) is 89.0 Å². The predicted octanol–water partition coefficient (Wildman–Crippen LogP) is 4.62. The highest BCUT2D eigenvalue weighted by Crippen LogP contribution is 2.43. The van der Waals surface area contributed by atoms with E-state index in [1.807, 2.05) is 0 Å². The summed E-state index contributed by atoms with van der Waals surface area (Å²) < 4.78 is 25.9. The van der Waals surface area contributed by atoms with Crippen LogP contribution in [0.3, 0.4) is 0 Å². The summed E-state index contributed by atoms with van der Waals surface area (Å²) in [5.74, 6) is -1.10. The smallest absolute Gasteiger partial charge is 0.413 e. The van der Waals surface area contributed by atoms with Gasteiger partial charge in [0.15, 0.2) is 0 Å². The number of benzene rings is 1. The van der Waals surface area contributed by atoms with Crippen LogP contribution in [-0.2, 0) is 15.0 Å². The molecule has 166 valence electrons. The number of carboxylic acid groups (broad SMARTS) is 1. The van der Waals surface area contributed by atoms with E-state index in [0.29, 0.717) is 5.56 Å². The Balaban J connectivity index is 1.96. The van der Waals surface area contributed by atoms with Crippen molar-refractivity contribution in [3.63, 3.8) is 0 Å². The Kier molecular flexibility index (Phi) is 5.80. The molecule has 8 heteroatoms. The van der Waals surface area contributed by atoms with Crippen molar-refractivity contribution >= 4 is 12.1 Å². The molecule has 1 aromatic carbocycles. The molecule has 1 amide bonds. The van der Waals surface area contributed by atoms with Crippen LogP contribution in [-0.4, -0.2) is 51.7 Å². The summed E-state index contributed by atoms with van der Waals surface area (Å²) in [6.07, 6.45) is 0.822. The molecule has 1 saturated heterocycles. The van der Waals surface area contributed by atoms with Crippen LogP contribution in [0.4, 0.5) is 9.18 Å². The van der Waals surface area contributed by atoms with Gasteiger partial charge in [-0.3, -0.25) is 4.90 Å². The number of aromatic nitrogens is 1. The lowest BCUT2D eigenvalue weighted by Gasteiger charge is -2.41. The van der Waals surface area contributed by atoms with Crippen LogP contribution in [0.15, 0.2) is 42.6 Å². The van der Waals surface area contributed by atoms with Crippen LogP contribution in [0.2, 0.25) is 0 Å². The summed E-state index contributed by atoms with van der Waals surface area (Å²) in [5.41, 5.74) is -1.08. The van der Waals surface area contributed by atoms with Gasteiger partial charge in [-0.15, -0.1) is 0 Å². The lowest BCUT2D eigenvalue weighted by atomic mass is 9.89. The molecule has 1 N–H and O–H groups in total. The Labute approximate surface area is 180 Å². The molecule has 1 atom stereocenters. The van der Waals surface area contributed by atoms with Gasteiger partial charge in [-0.25, -0.2) is 19.0 Å². The Hall–Kier alpha value is -3.00. The maximum absolute atomic E-state index is 14.6. The summed E-state index contributed by atoms with van der Waals surface area (Å²) in [7, 11) is 0. The van der Waals surface area contributed by atoms with Crippen molar-refractivity contribution in [1.82, 2.24) is 9.88 Å². The van der Waals surface area contributed by atoms with Crippen molar-refractivity contribution in [2.45, 2.75) is 51.5 Å². The van der Waals surface area contributed by atoms with Gasteiger partial charge in [0, 0.05) is 11.8 Å². The van der Waals surface area contributed by atoms with Gasteiger partial charge in [0.25, 0.3) is 0 Å². The molecule has 2 aromatic rings. The number of carbonyl (C=O) groups excluding carboxylic acids is 1. The van der Waals surface area contributed by atoms with Crippen molar-refractivity contribution in [3.05, 3.63) is 53.9 Å². The second kappa shape index (κ2) is 7.92. The molecule has 0 radical (unpaired) electrons. The SMILES string of the molecule is CC(C)(C)OC(=O)N1C(C)(C)OC[C@]1(CF)c1ccc(-c2ccc(C(=O)O)nc2)cc1. The third kappa shape index (κ3) is 4.39. The summed E-state index contributed by atoms with van der Waals surface area (Å²) in [4.78, 5) is 29.2. The average molecular weight is 430 g/mol. The van der Waals surface area contributed by atoms with E-state index >= 15 is 0 Å². The largest absolute Gasteiger partial charge is 0.477 e. The molecule has 1 aliphatic heterocycles. The number of pyridine rings is 1. The van der Waals surface area contributed by atoms with Gasteiger partial charge in [-0.2, -0.15) is 0 Å². The minimum atomic E-state index is -1.32. The molecule has 0 aliphatic carbocycles. The zero-order valence-corrected chi connectivity index (χ0v) is 18.3. The fraction of sp³-hybridized carbons (Fsp3) is 0.435. The number of hydrogen-bond acceptors (Lipinski definition) is 5. The van der Waals surface area contributed by atoms with E-state index in [2.05, 4.69) is 4.98 Å². The number of alkyl halides is 1. The number of carboxylic acids is 1. The molecule has 2 heterocycles. The summed E-state index contributed by atoms with van der Waals surface area (Å²) in [5, 5.41) is 8.99.